The molecule has 3 N–H and O–H groups in total. The first-order valence-electron chi connectivity index (χ1n) is 7.51. The number of benzene rings is 2. The molecule has 26 heavy (non-hydrogen) atoms. The lowest BCUT2D eigenvalue weighted by Gasteiger charge is -2.05. The first-order valence-corrected chi connectivity index (χ1v) is 7.51. The molecule has 0 aliphatic rings. The molecule has 0 saturated heterocycles. The Balaban J connectivity index is 1.80. The minimum absolute atomic E-state index is 0.195. The largest absolute Gasteiger partial charge is 0.507 e. The molecule has 7 heteroatoms. The molecule has 7 nitrogen and oxygen atoms in total. The molecular formula is C19H13NO6. The van der Waals surface area contributed by atoms with Crippen molar-refractivity contribution in [1.82, 2.24) is 0 Å². The van der Waals surface area contributed by atoms with E-state index in [9.17, 15) is 19.5 Å². The van der Waals surface area contributed by atoms with Crippen LogP contribution in [0.4, 0.5) is 5.69 Å². The fourth-order valence-electron chi connectivity index (χ4n) is 2.34. The summed E-state index contributed by atoms with van der Waals surface area (Å²) in [6, 6.07) is 10.4. The number of carbonyl (C=O) groups is 2. The highest BCUT2D eigenvalue weighted by atomic mass is 16.4. The van der Waals surface area contributed by atoms with E-state index in [4.69, 9.17) is 9.52 Å². The van der Waals surface area contributed by atoms with Gasteiger partial charge in [0.15, 0.2) is 5.43 Å². The zero-order chi connectivity index (χ0) is 18.7. The van der Waals surface area contributed by atoms with Crippen LogP contribution in [0.2, 0.25) is 0 Å². The summed E-state index contributed by atoms with van der Waals surface area (Å²) < 4.78 is 5.35. The van der Waals surface area contributed by atoms with Crippen molar-refractivity contribution >= 4 is 34.6 Å². The van der Waals surface area contributed by atoms with Crippen LogP contribution in [0.5, 0.6) is 5.75 Å². The third-order valence-electron chi connectivity index (χ3n) is 3.62. The number of fused-ring (bicyclic) bond motifs is 1. The third-order valence-corrected chi connectivity index (χ3v) is 3.62. The molecule has 0 unspecified atom stereocenters. The van der Waals surface area contributed by atoms with Crippen molar-refractivity contribution in [1.29, 1.82) is 0 Å². The molecular weight excluding hydrogens is 338 g/mol. The maximum absolute atomic E-state index is 12.3. The number of carbonyl (C=O) groups excluding carboxylic acids is 1. The van der Waals surface area contributed by atoms with Gasteiger partial charge in [0.1, 0.15) is 23.2 Å². The molecule has 1 heterocycles. The molecule has 3 aromatic rings. The summed E-state index contributed by atoms with van der Waals surface area (Å²) in [5.41, 5.74) is 0.247. The zero-order valence-corrected chi connectivity index (χ0v) is 13.3. The summed E-state index contributed by atoms with van der Waals surface area (Å²) in [6.07, 6.45) is 3.71. The normalized spacial score (nSPS) is 10.9. The molecule has 0 radical (unpaired) electrons. The smallest absolute Gasteiger partial charge is 0.339 e. The number of hydrogen-bond acceptors (Lipinski definition) is 5. The summed E-state index contributed by atoms with van der Waals surface area (Å²) in [6.45, 7) is 0. The molecule has 2 aromatic carbocycles. The lowest BCUT2D eigenvalue weighted by molar-refractivity contribution is -0.111. The van der Waals surface area contributed by atoms with Crippen LogP contribution in [0, 0.1) is 0 Å². The van der Waals surface area contributed by atoms with E-state index in [1.54, 1.807) is 24.3 Å². The van der Waals surface area contributed by atoms with Crippen molar-refractivity contribution in [3.8, 4) is 5.75 Å². The van der Waals surface area contributed by atoms with Crippen molar-refractivity contribution in [2.24, 2.45) is 0 Å². The van der Waals surface area contributed by atoms with Gasteiger partial charge >= 0.3 is 5.97 Å². The number of anilines is 1. The van der Waals surface area contributed by atoms with Crippen molar-refractivity contribution in [3.05, 3.63) is 76.2 Å². The minimum atomic E-state index is -1.32. The molecule has 0 spiro atoms. The molecule has 0 aliphatic heterocycles. The molecule has 0 saturated carbocycles. The molecule has 130 valence electrons. The zero-order valence-electron chi connectivity index (χ0n) is 13.3. The van der Waals surface area contributed by atoms with Gasteiger partial charge in [-0.2, -0.15) is 0 Å². The van der Waals surface area contributed by atoms with Crippen LogP contribution >= 0.6 is 0 Å². The van der Waals surface area contributed by atoms with Gasteiger partial charge < -0.3 is 19.9 Å². The Morgan fingerprint density at radius 1 is 1.12 bits per heavy atom. The topological polar surface area (TPSA) is 117 Å². The molecule has 0 aliphatic carbocycles. The number of aromatic hydroxyl groups is 1. The van der Waals surface area contributed by atoms with Crippen LogP contribution in [0.15, 0.2) is 64.0 Å². The van der Waals surface area contributed by atoms with Crippen LogP contribution in [-0.2, 0) is 4.79 Å². The van der Waals surface area contributed by atoms with Crippen LogP contribution in [0.25, 0.3) is 17.0 Å². The Kier molecular flexibility index (Phi) is 4.53. The fourth-order valence-corrected chi connectivity index (χ4v) is 2.34. The van der Waals surface area contributed by atoms with E-state index in [0.717, 1.165) is 12.1 Å². The SMILES string of the molecule is O=C(/C=C/c1coc2ccccc2c1=O)Nc1ccc(O)c(C(=O)O)c1. The Morgan fingerprint density at radius 3 is 2.65 bits per heavy atom. The number of nitrogens with one attached hydrogen (secondary N) is 1. The Hall–Kier alpha value is -3.87. The number of carboxylic acid groups (broad SMARTS) is 1. The average molecular weight is 351 g/mol. The van der Waals surface area contributed by atoms with Crippen molar-refractivity contribution < 1.29 is 24.2 Å². The highest BCUT2D eigenvalue weighted by Crippen LogP contribution is 2.21. The molecule has 0 fully saturated rings. The van der Waals surface area contributed by atoms with E-state index in [1.807, 2.05) is 0 Å². The van der Waals surface area contributed by atoms with Crippen molar-refractivity contribution in [2.75, 3.05) is 5.32 Å². The number of amides is 1. The number of para-hydroxylation sites is 1. The summed E-state index contributed by atoms with van der Waals surface area (Å²) in [5, 5.41) is 21.3. The fraction of sp³-hybridized carbons (Fsp3) is 0. The third kappa shape index (κ3) is 3.46. The van der Waals surface area contributed by atoms with Crippen molar-refractivity contribution in [3.63, 3.8) is 0 Å². The quantitative estimate of drug-likeness (QED) is 0.491. The Bertz CT molecular complexity index is 1100. The number of aromatic carboxylic acids is 1. The van der Waals surface area contributed by atoms with Gasteiger partial charge in [-0.25, -0.2) is 4.79 Å². The first-order chi connectivity index (χ1) is 12.5. The summed E-state index contributed by atoms with van der Waals surface area (Å²) in [5.74, 6) is -2.29. The first kappa shape index (κ1) is 17.0. The van der Waals surface area contributed by atoms with E-state index in [2.05, 4.69) is 5.32 Å². The average Bonchev–Trinajstić information content (AvgIpc) is 2.63. The monoisotopic (exact) mass is 351 g/mol. The van der Waals surface area contributed by atoms with Gasteiger partial charge in [0.2, 0.25) is 5.91 Å². The lowest BCUT2D eigenvalue weighted by atomic mass is 10.1. The van der Waals surface area contributed by atoms with E-state index in [1.165, 1.54) is 24.5 Å². The number of hydrogen-bond donors (Lipinski definition) is 3. The van der Waals surface area contributed by atoms with Gasteiger partial charge in [-0.15, -0.1) is 0 Å². The van der Waals surface area contributed by atoms with E-state index in [-0.39, 0.29) is 22.2 Å². The maximum Gasteiger partial charge on any atom is 0.339 e. The summed E-state index contributed by atoms with van der Waals surface area (Å²) in [7, 11) is 0. The molecule has 1 amide bonds. The van der Waals surface area contributed by atoms with Crippen LogP contribution < -0.4 is 10.7 Å². The van der Waals surface area contributed by atoms with Crippen LogP contribution in [0.1, 0.15) is 15.9 Å². The molecule has 3 rings (SSSR count). The molecule has 1 aromatic heterocycles. The minimum Gasteiger partial charge on any atom is -0.507 e. The highest BCUT2D eigenvalue weighted by molar-refractivity contribution is 6.03. The predicted molar refractivity (Wildman–Crippen MR) is 95.2 cm³/mol. The van der Waals surface area contributed by atoms with E-state index < -0.39 is 17.6 Å². The highest BCUT2D eigenvalue weighted by Gasteiger charge is 2.11. The molecule has 0 bridgehead atoms. The van der Waals surface area contributed by atoms with Gasteiger partial charge in [-0.05, 0) is 36.4 Å². The van der Waals surface area contributed by atoms with Gasteiger partial charge in [0.25, 0.3) is 0 Å². The lowest BCUT2D eigenvalue weighted by Crippen LogP contribution is -2.10. The van der Waals surface area contributed by atoms with E-state index in [0.29, 0.717) is 11.0 Å². The Morgan fingerprint density at radius 2 is 1.88 bits per heavy atom. The van der Waals surface area contributed by atoms with Gasteiger partial charge in [0, 0.05) is 11.8 Å². The number of carboxylic acids is 1. The van der Waals surface area contributed by atoms with Gasteiger partial charge in [-0.3, -0.25) is 9.59 Å². The van der Waals surface area contributed by atoms with Crippen molar-refractivity contribution in [2.45, 2.75) is 0 Å². The standard InChI is InChI=1S/C19H13NO6/c21-15-7-6-12(9-14(15)19(24)25)20-17(22)8-5-11-10-26-16-4-2-1-3-13(16)18(11)23/h1-10,21H,(H,20,22)(H,24,25)/b8-5+. The second-order valence-electron chi connectivity index (χ2n) is 5.38. The second kappa shape index (κ2) is 6.94. The second-order valence-corrected chi connectivity index (χ2v) is 5.38. The Labute approximate surface area is 146 Å². The van der Waals surface area contributed by atoms with Crippen LogP contribution in [0.3, 0.4) is 0 Å². The van der Waals surface area contributed by atoms with Gasteiger partial charge in [0.05, 0.1) is 10.9 Å². The summed E-state index contributed by atoms with van der Waals surface area (Å²) in [4.78, 5) is 35.3. The van der Waals surface area contributed by atoms with Crippen LogP contribution in [-0.4, -0.2) is 22.1 Å². The molecule has 0 atom stereocenters. The predicted octanol–water partition coefficient (Wildman–Crippen LogP) is 2.85. The van der Waals surface area contributed by atoms with Gasteiger partial charge in [-0.1, -0.05) is 12.1 Å². The number of rotatable bonds is 4. The maximum atomic E-state index is 12.3. The van der Waals surface area contributed by atoms with E-state index >= 15 is 0 Å². The number of phenols is 1. The summed E-state index contributed by atoms with van der Waals surface area (Å²) >= 11 is 0.